The molecule has 2 N–H and O–H groups in total. The van der Waals surface area contributed by atoms with Gasteiger partial charge in [-0.25, -0.2) is 13.2 Å². The monoisotopic (exact) mass is 253 g/mol. The minimum atomic E-state index is -3.02. The van der Waals surface area contributed by atoms with Crippen molar-refractivity contribution in [3.8, 4) is 0 Å². The average Bonchev–Trinajstić information content (AvgIpc) is 2.23. The fourth-order valence-electron chi connectivity index (χ4n) is 0.996. The third-order valence-electron chi connectivity index (χ3n) is 2.12. The fourth-order valence-corrected chi connectivity index (χ4v) is 1.74. The lowest BCUT2D eigenvalue weighted by atomic mass is 10.1. The lowest BCUT2D eigenvalue weighted by molar-refractivity contribution is -0.159. The van der Waals surface area contributed by atoms with Crippen molar-refractivity contribution < 1.29 is 23.1 Å². The summed E-state index contributed by atoms with van der Waals surface area (Å²) in [5.41, 5.74) is -1.63. The Morgan fingerprint density at radius 3 is 2.50 bits per heavy atom. The molecule has 1 unspecified atom stereocenters. The van der Waals surface area contributed by atoms with Gasteiger partial charge < -0.3 is 15.2 Å². The molecule has 0 rings (SSSR count). The first kappa shape index (κ1) is 15.3. The van der Waals surface area contributed by atoms with Crippen LogP contribution in [0.5, 0.6) is 0 Å². The molecule has 0 radical (unpaired) electrons. The number of esters is 1. The Bertz CT molecular complexity index is 323. The van der Waals surface area contributed by atoms with Crippen molar-refractivity contribution in [1.29, 1.82) is 0 Å². The van der Waals surface area contributed by atoms with E-state index >= 15 is 0 Å². The third-order valence-corrected chi connectivity index (χ3v) is 3.83. The van der Waals surface area contributed by atoms with Crippen LogP contribution in [0, 0.1) is 0 Å². The summed E-state index contributed by atoms with van der Waals surface area (Å²) >= 11 is 0. The molecule has 0 aliphatic heterocycles. The summed E-state index contributed by atoms with van der Waals surface area (Å²) in [6.45, 7) is 3.03. The summed E-state index contributed by atoms with van der Waals surface area (Å²) in [4.78, 5) is 11.1. The molecule has 0 fully saturated rings. The van der Waals surface area contributed by atoms with Crippen LogP contribution in [0.2, 0.25) is 0 Å². The predicted molar refractivity (Wildman–Crippen MR) is 59.8 cm³/mol. The zero-order valence-corrected chi connectivity index (χ0v) is 10.6. The molecule has 0 bridgehead atoms. The summed E-state index contributed by atoms with van der Waals surface area (Å²) in [5.74, 6) is -0.679. The van der Waals surface area contributed by atoms with Crippen LogP contribution in [0.1, 0.15) is 13.8 Å². The van der Waals surface area contributed by atoms with Gasteiger partial charge in [0.25, 0.3) is 0 Å². The van der Waals surface area contributed by atoms with Gasteiger partial charge in [-0.1, -0.05) is 6.92 Å². The summed E-state index contributed by atoms with van der Waals surface area (Å²) in [5, 5.41) is 12.3. The van der Waals surface area contributed by atoms with Gasteiger partial charge in [-0.3, -0.25) is 0 Å². The molecular formula is C9H19NO5S. The lowest BCUT2D eigenvalue weighted by Gasteiger charge is -2.20. The zero-order chi connectivity index (χ0) is 12.8. The van der Waals surface area contributed by atoms with Gasteiger partial charge in [0.05, 0.1) is 12.9 Å². The Morgan fingerprint density at radius 1 is 1.50 bits per heavy atom. The average molecular weight is 253 g/mol. The van der Waals surface area contributed by atoms with E-state index in [9.17, 15) is 18.3 Å². The van der Waals surface area contributed by atoms with Gasteiger partial charge in [0.1, 0.15) is 0 Å². The Morgan fingerprint density at radius 2 is 2.06 bits per heavy atom. The van der Waals surface area contributed by atoms with Crippen LogP contribution >= 0.6 is 0 Å². The molecule has 0 heterocycles. The van der Waals surface area contributed by atoms with Crippen LogP contribution in [0.25, 0.3) is 0 Å². The van der Waals surface area contributed by atoms with E-state index < -0.39 is 21.4 Å². The van der Waals surface area contributed by atoms with Crippen molar-refractivity contribution in [2.75, 3.05) is 31.7 Å². The van der Waals surface area contributed by atoms with Crippen molar-refractivity contribution >= 4 is 15.8 Å². The Labute approximate surface area is 95.9 Å². The number of rotatable bonds is 7. The minimum Gasteiger partial charge on any atom is -0.467 e. The molecule has 16 heavy (non-hydrogen) atoms. The van der Waals surface area contributed by atoms with Crippen molar-refractivity contribution in [1.82, 2.24) is 5.32 Å². The van der Waals surface area contributed by atoms with Crippen LogP contribution in [-0.2, 0) is 19.4 Å². The number of carbonyl (C=O) groups excluding carboxylic acids is 1. The quantitative estimate of drug-likeness (QED) is 0.443. The molecule has 0 aliphatic carbocycles. The van der Waals surface area contributed by atoms with Crippen molar-refractivity contribution in [2.24, 2.45) is 0 Å². The van der Waals surface area contributed by atoms with Gasteiger partial charge in [-0.05, 0) is 6.92 Å². The Kier molecular flexibility index (Phi) is 5.91. The number of hydrogen-bond donors (Lipinski definition) is 2. The first-order chi connectivity index (χ1) is 7.25. The standard InChI is InChI=1S/C9H19NO5S/c1-4-16(13,14)6-5-10-7-9(2,12)8(11)15-3/h10,12H,4-7H2,1-3H3. The van der Waals surface area contributed by atoms with Crippen LogP contribution in [0.3, 0.4) is 0 Å². The largest absolute Gasteiger partial charge is 0.467 e. The molecule has 7 heteroatoms. The Balaban J connectivity index is 3.96. The molecule has 0 spiro atoms. The van der Waals surface area contributed by atoms with E-state index in [1.54, 1.807) is 6.92 Å². The second-order valence-electron chi connectivity index (χ2n) is 3.68. The first-order valence-corrected chi connectivity index (χ1v) is 6.79. The SMILES string of the molecule is CCS(=O)(=O)CCNCC(C)(O)C(=O)OC. The van der Waals surface area contributed by atoms with E-state index in [0.717, 1.165) is 0 Å². The van der Waals surface area contributed by atoms with E-state index in [-0.39, 0.29) is 24.6 Å². The maximum Gasteiger partial charge on any atom is 0.338 e. The van der Waals surface area contributed by atoms with E-state index in [4.69, 9.17) is 0 Å². The van der Waals surface area contributed by atoms with Gasteiger partial charge >= 0.3 is 5.97 Å². The minimum absolute atomic E-state index is 0.0131. The number of hydrogen-bond acceptors (Lipinski definition) is 6. The summed E-state index contributed by atoms with van der Waals surface area (Å²) in [7, 11) is -1.84. The van der Waals surface area contributed by atoms with Crippen molar-refractivity contribution in [3.05, 3.63) is 0 Å². The summed E-state index contributed by atoms with van der Waals surface area (Å²) in [6.07, 6.45) is 0. The molecule has 0 saturated heterocycles. The topological polar surface area (TPSA) is 92.7 Å². The maximum absolute atomic E-state index is 11.1. The molecule has 1 atom stereocenters. The normalized spacial score (nSPS) is 15.5. The highest BCUT2D eigenvalue weighted by Gasteiger charge is 2.30. The molecule has 6 nitrogen and oxygen atoms in total. The lowest BCUT2D eigenvalue weighted by Crippen LogP contribution is -2.46. The van der Waals surface area contributed by atoms with Crippen LogP contribution < -0.4 is 5.32 Å². The molecular weight excluding hydrogens is 234 g/mol. The number of methoxy groups -OCH3 is 1. The van der Waals surface area contributed by atoms with Gasteiger partial charge in [-0.15, -0.1) is 0 Å². The van der Waals surface area contributed by atoms with E-state index in [1.165, 1.54) is 14.0 Å². The number of ether oxygens (including phenoxy) is 1. The maximum atomic E-state index is 11.1. The number of carbonyl (C=O) groups is 1. The van der Waals surface area contributed by atoms with Crippen LogP contribution in [0.15, 0.2) is 0 Å². The molecule has 0 saturated carbocycles. The van der Waals surface area contributed by atoms with Gasteiger partial charge in [0.15, 0.2) is 15.4 Å². The molecule has 0 aliphatic rings. The summed E-state index contributed by atoms with van der Waals surface area (Å²) in [6, 6.07) is 0. The smallest absolute Gasteiger partial charge is 0.338 e. The van der Waals surface area contributed by atoms with Crippen molar-refractivity contribution in [3.63, 3.8) is 0 Å². The molecule has 0 aromatic carbocycles. The van der Waals surface area contributed by atoms with Crippen LogP contribution in [-0.4, -0.2) is 56.8 Å². The number of nitrogens with one attached hydrogen (secondary N) is 1. The van der Waals surface area contributed by atoms with Crippen LogP contribution in [0.4, 0.5) is 0 Å². The van der Waals surface area contributed by atoms with E-state index in [2.05, 4.69) is 10.1 Å². The zero-order valence-electron chi connectivity index (χ0n) is 9.82. The number of sulfone groups is 1. The Hall–Kier alpha value is -0.660. The predicted octanol–water partition coefficient (Wildman–Crippen LogP) is -1.07. The molecule has 0 aromatic heterocycles. The van der Waals surface area contributed by atoms with Gasteiger partial charge in [0, 0.05) is 18.8 Å². The second-order valence-corrected chi connectivity index (χ2v) is 6.15. The number of aliphatic hydroxyl groups is 1. The molecule has 0 aromatic rings. The molecule has 0 amide bonds. The third kappa shape index (κ3) is 5.43. The van der Waals surface area contributed by atoms with E-state index in [1.807, 2.05) is 0 Å². The molecule has 96 valence electrons. The summed E-state index contributed by atoms with van der Waals surface area (Å²) < 4.78 is 26.6. The highest BCUT2D eigenvalue weighted by molar-refractivity contribution is 7.91. The van der Waals surface area contributed by atoms with Crippen molar-refractivity contribution in [2.45, 2.75) is 19.4 Å². The first-order valence-electron chi connectivity index (χ1n) is 4.97. The van der Waals surface area contributed by atoms with Gasteiger partial charge in [0.2, 0.25) is 0 Å². The highest BCUT2D eigenvalue weighted by Crippen LogP contribution is 2.03. The highest BCUT2D eigenvalue weighted by atomic mass is 32.2. The van der Waals surface area contributed by atoms with E-state index in [0.29, 0.717) is 0 Å². The fraction of sp³-hybridized carbons (Fsp3) is 0.889. The van der Waals surface area contributed by atoms with Gasteiger partial charge in [-0.2, -0.15) is 0 Å². The second kappa shape index (κ2) is 6.17.